The molecule has 5 heteroatoms. The molecule has 0 amide bonds. The molecule has 2 aromatic heterocycles. The minimum atomic E-state index is 0.639. The lowest BCUT2D eigenvalue weighted by atomic mass is 10.1. The fourth-order valence-electron chi connectivity index (χ4n) is 2.56. The molecule has 0 atom stereocenters. The van der Waals surface area contributed by atoms with Crippen molar-refractivity contribution in [2.45, 2.75) is 38.8 Å². The quantitative estimate of drug-likeness (QED) is 0.869. The van der Waals surface area contributed by atoms with Gasteiger partial charge in [-0.05, 0) is 38.3 Å². The molecule has 1 aliphatic carbocycles. The van der Waals surface area contributed by atoms with Crippen molar-refractivity contribution in [2.24, 2.45) is 0 Å². The number of fused-ring (bicyclic) bond motifs is 3. The summed E-state index contributed by atoms with van der Waals surface area (Å²) in [5.41, 5.74) is 1.47. The second-order valence-corrected chi connectivity index (χ2v) is 6.23. The Kier molecular flexibility index (Phi) is 2.32. The van der Waals surface area contributed by atoms with Crippen molar-refractivity contribution in [1.29, 1.82) is 0 Å². The summed E-state index contributed by atoms with van der Waals surface area (Å²) >= 11 is 1.82. The van der Waals surface area contributed by atoms with Crippen LogP contribution in [0.25, 0.3) is 10.2 Å². The van der Waals surface area contributed by atoms with Gasteiger partial charge in [-0.15, -0.1) is 11.3 Å². The standard InChI is InChI=1S/C13H16N4S/c1-7-15-12(17-8-2-3-8)11-9-4-5-14-6-10(9)18-13(11)16-7/h8,14H,2-6H2,1H3,(H,15,16,17). The Morgan fingerprint density at radius 1 is 1.33 bits per heavy atom. The van der Waals surface area contributed by atoms with E-state index >= 15 is 0 Å². The SMILES string of the molecule is Cc1nc(NC2CC2)c2c3c(sc2n1)CNCC3. The largest absolute Gasteiger partial charge is 0.367 e. The third kappa shape index (κ3) is 1.69. The van der Waals surface area contributed by atoms with Crippen LogP contribution in [0, 0.1) is 6.92 Å². The van der Waals surface area contributed by atoms with Crippen molar-refractivity contribution in [3.63, 3.8) is 0 Å². The van der Waals surface area contributed by atoms with Crippen LogP contribution >= 0.6 is 11.3 Å². The van der Waals surface area contributed by atoms with E-state index in [1.807, 2.05) is 18.3 Å². The first-order chi connectivity index (χ1) is 8.81. The average Bonchev–Trinajstić information content (AvgIpc) is 3.07. The highest BCUT2D eigenvalue weighted by Crippen LogP contribution is 2.37. The van der Waals surface area contributed by atoms with Crippen LogP contribution in [0.1, 0.15) is 29.1 Å². The van der Waals surface area contributed by atoms with Crippen LogP contribution in [0.5, 0.6) is 0 Å². The summed E-state index contributed by atoms with van der Waals surface area (Å²) in [6.07, 6.45) is 3.65. The molecule has 0 aromatic carbocycles. The molecule has 4 rings (SSSR count). The van der Waals surface area contributed by atoms with E-state index in [0.717, 1.165) is 36.0 Å². The van der Waals surface area contributed by atoms with E-state index in [1.165, 1.54) is 28.7 Å². The number of aromatic nitrogens is 2. The first kappa shape index (κ1) is 10.7. The van der Waals surface area contributed by atoms with Crippen LogP contribution in [0.3, 0.4) is 0 Å². The molecule has 4 nitrogen and oxygen atoms in total. The second kappa shape index (κ2) is 3.90. The molecule has 1 fully saturated rings. The molecule has 2 aromatic rings. The van der Waals surface area contributed by atoms with Crippen molar-refractivity contribution < 1.29 is 0 Å². The van der Waals surface area contributed by atoms with Crippen LogP contribution in [0.2, 0.25) is 0 Å². The predicted octanol–water partition coefficient (Wildman–Crippen LogP) is 2.22. The fourth-order valence-corrected chi connectivity index (χ4v) is 3.79. The van der Waals surface area contributed by atoms with E-state index < -0.39 is 0 Å². The Hall–Kier alpha value is -1.20. The molecule has 2 N–H and O–H groups in total. The minimum Gasteiger partial charge on any atom is -0.367 e. The number of thiophene rings is 1. The van der Waals surface area contributed by atoms with Gasteiger partial charge in [0.1, 0.15) is 16.5 Å². The second-order valence-electron chi connectivity index (χ2n) is 5.15. The molecule has 18 heavy (non-hydrogen) atoms. The van der Waals surface area contributed by atoms with Gasteiger partial charge in [0.05, 0.1) is 5.39 Å². The van der Waals surface area contributed by atoms with Crippen molar-refractivity contribution >= 4 is 27.4 Å². The lowest BCUT2D eigenvalue weighted by molar-refractivity contribution is 0.657. The van der Waals surface area contributed by atoms with Gasteiger partial charge >= 0.3 is 0 Å². The Bertz CT molecular complexity index is 615. The fraction of sp³-hybridized carbons (Fsp3) is 0.538. The summed E-state index contributed by atoms with van der Waals surface area (Å²) in [6.45, 7) is 4.03. The number of rotatable bonds is 2. The van der Waals surface area contributed by atoms with Crippen molar-refractivity contribution in [1.82, 2.24) is 15.3 Å². The van der Waals surface area contributed by atoms with E-state index in [9.17, 15) is 0 Å². The average molecular weight is 260 g/mol. The summed E-state index contributed by atoms with van der Waals surface area (Å²) in [4.78, 5) is 11.8. The summed E-state index contributed by atoms with van der Waals surface area (Å²) in [7, 11) is 0. The maximum absolute atomic E-state index is 4.63. The Morgan fingerprint density at radius 2 is 2.22 bits per heavy atom. The zero-order chi connectivity index (χ0) is 12.1. The number of hydrogen-bond acceptors (Lipinski definition) is 5. The van der Waals surface area contributed by atoms with E-state index in [2.05, 4.69) is 20.6 Å². The lowest BCUT2D eigenvalue weighted by Crippen LogP contribution is -2.22. The monoisotopic (exact) mass is 260 g/mol. The van der Waals surface area contributed by atoms with Crippen LogP contribution < -0.4 is 10.6 Å². The number of anilines is 1. The molecule has 1 saturated carbocycles. The Labute approximate surface area is 110 Å². The topological polar surface area (TPSA) is 49.8 Å². The van der Waals surface area contributed by atoms with E-state index in [4.69, 9.17) is 0 Å². The molecular formula is C13H16N4S. The maximum atomic E-state index is 4.63. The zero-order valence-electron chi connectivity index (χ0n) is 10.4. The van der Waals surface area contributed by atoms with Gasteiger partial charge in [-0.1, -0.05) is 0 Å². The normalized spacial score (nSPS) is 18.9. The van der Waals surface area contributed by atoms with E-state index in [-0.39, 0.29) is 0 Å². The van der Waals surface area contributed by atoms with Crippen molar-refractivity contribution in [2.75, 3.05) is 11.9 Å². The molecule has 0 bridgehead atoms. The predicted molar refractivity (Wildman–Crippen MR) is 74.2 cm³/mol. The zero-order valence-corrected chi connectivity index (χ0v) is 11.2. The van der Waals surface area contributed by atoms with Gasteiger partial charge in [-0.2, -0.15) is 0 Å². The Morgan fingerprint density at radius 3 is 3.06 bits per heavy atom. The summed E-state index contributed by atoms with van der Waals surface area (Å²) in [5.74, 6) is 1.94. The first-order valence-electron chi connectivity index (χ1n) is 6.57. The number of nitrogens with zero attached hydrogens (tertiary/aromatic N) is 2. The molecule has 1 aliphatic heterocycles. The molecule has 94 valence electrons. The molecule has 0 radical (unpaired) electrons. The van der Waals surface area contributed by atoms with Crippen molar-refractivity contribution in [3.05, 3.63) is 16.3 Å². The maximum Gasteiger partial charge on any atom is 0.139 e. The van der Waals surface area contributed by atoms with Gasteiger partial charge in [0, 0.05) is 17.5 Å². The van der Waals surface area contributed by atoms with Crippen LogP contribution in [-0.4, -0.2) is 22.6 Å². The molecule has 0 unspecified atom stereocenters. The van der Waals surface area contributed by atoms with Crippen molar-refractivity contribution in [3.8, 4) is 0 Å². The number of hydrogen-bond donors (Lipinski definition) is 2. The van der Waals surface area contributed by atoms with Crippen LogP contribution in [0.15, 0.2) is 0 Å². The molecule has 0 spiro atoms. The highest BCUT2D eigenvalue weighted by atomic mass is 32.1. The van der Waals surface area contributed by atoms with Gasteiger partial charge < -0.3 is 10.6 Å². The highest BCUT2D eigenvalue weighted by molar-refractivity contribution is 7.19. The number of aryl methyl sites for hydroxylation is 1. The Balaban J connectivity index is 1.93. The van der Waals surface area contributed by atoms with E-state index in [1.54, 1.807) is 0 Å². The molecule has 0 saturated heterocycles. The summed E-state index contributed by atoms with van der Waals surface area (Å²) in [6, 6.07) is 0.639. The lowest BCUT2D eigenvalue weighted by Gasteiger charge is -2.13. The number of nitrogens with one attached hydrogen (secondary N) is 2. The van der Waals surface area contributed by atoms with Gasteiger partial charge in [-0.25, -0.2) is 9.97 Å². The molecular weight excluding hydrogens is 244 g/mol. The smallest absolute Gasteiger partial charge is 0.139 e. The van der Waals surface area contributed by atoms with Gasteiger partial charge in [0.15, 0.2) is 0 Å². The minimum absolute atomic E-state index is 0.639. The third-order valence-electron chi connectivity index (χ3n) is 3.60. The van der Waals surface area contributed by atoms with Gasteiger partial charge in [0.2, 0.25) is 0 Å². The summed E-state index contributed by atoms with van der Waals surface area (Å²) < 4.78 is 0. The van der Waals surface area contributed by atoms with Gasteiger partial charge in [0.25, 0.3) is 0 Å². The first-order valence-corrected chi connectivity index (χ1v) is 7.39. The molecule has 2 aliphatic rings. The van der Waals surface area contributed by atoms with Crippen LogP contribution in [-0.2, 0) is 13.0 Å². The summed E-state index contributed by atoms with van der Waals surface area (Å²) in [5, 5.41) is 8.29. The van der Waals surface area contributed by atoms with E-state index in [0.29, 0.717) is 6.04 Å². The third-order valence-corrected chi connectivity index (χ3v) is 4.73. The van der Waals surface area contributed by atoms with Gasteiger partial charge in [-0.3, -0.25) is 0 Å². The highest BCUT2D eigenvalue weighted by Gasteiger charge is 2.25. The molecule has 3 heterocycles. The van der Waals surface area contributed by atoms with Crippen LogP contribution in [0.4, 0.5) is 5.82 Å².